The Morgan fingerprint density at radius 2 is 1.92 bits per heavy atom. The molecule has 0 spiro atoms. The van der Waals surface area contributed by atoms with Crippen LogP contribution in [0.5, 0.6) is 0 Å². The van der Waals surface area contributed by atoms with E-state index in [2.05, 4.69) is 5.32 Å². The standard InChI is InChI=1S/C15H23N3O5S/c1-10-9-12(11(2)23-10)15(3)13(19)18(14(20)16-15)7-6-8-24(21,22)17(4)5/h9H,6-8H2,1-5H3,(H,16,20). The second-order valence-electron chi connectivity index (χ2n) is 6.29. The Morgan fingerprint density at radius 1 is 1.29 bits per heavy atom. The lowest BCUT2D eigenvalue weighted by atomic mass is 9.92. The molecule has 1 aliphatic heterocycles. The molecule has 24 heavy (non-hydrogen) atoms. The normalized spacial score (nSPS) is 21.7. The summed E-state index contributed by atoms with van der Waals surface area (Å²) in [5, 5.41) is 2.69. The molecule has 134 valence electrons. The lowest BCUT2D eigenvalue weighted by molar-refractivity contribution is -0.131. The molecule has 1 aromatic rings. The van der Waals surface area contributed by atoms with Crippen molar-refractivity contribution in [3.8, 4) is 0 Å². The Kier molecular flexibility index (Phi) is 4.78. The van der Waals surface area contributed by atoms with Crippen LogP contribution in [-0.4, -0.2) is 56.0 Å². The van der Waals surface area contributed by atoms with Crippen molar-refractivity contribution in [1.82, 2.24) is 14.5 Å². The van der Waals surface area contributed by atoms with E-state index in [1.807, 2.05) is 0 Å². The number of aryl methyl sites for hydroxylation is 2. The summed E-state index contributed by atoms with van der Waals surface area (Å²) in [4.78, 5) is 26.0. The highest BCUT2D eigenvalue weighted by Crippen LogP contribution is 2.32. The number of nitrogens with one attached hydrogen (secondary N) is 1. The first kappa shape index (κ1) is 18.5. The molecule has 1 fully saturated rings. The van der Waals surface area contributed by atoms with Gasteiger partial charge in [0.25, 0.3) is 5.91 Å². The fourth-order valence-electron chi connectivity index (χ4n) is 2.80. The third-order valence-electron chi connectivity index (χ3n) is 4.19. The van der Waals surface area contributed by atoms with E-state index in [-0.39, 0.29) is 18.7 Å². The minimum Gasteiger partial charge on any atom is -0.466 e. The van der Waals surface area contributed by atoms with E-state index in [1.54, 1.807) is 26.8 Å². The minimum absolute atomic E-state index is 0.0448. The molecule has 0 aromatic carbocycles. The predicted octanol–water partition coefficient (Wildman–Crippen LogP) is 0.945. The first-order valence-corrected chi connectivity index (χ1v) is 9.22. The van der Waals surface area contributed by atoms with Crippen LogP contribution in [0, 0.1) is 13.8 Å². The van der Waals surface area contributed by atoms with Crippen LogP contribution in [0.25, 0.3) is 0 Å². The fraction of sp³-hybridized carbons (Fsp3) is 0.600. The summed E-state index contributed by atoms with van der Waals surface area (Å²) < 4.78 is 30.1. The van der Waals surface area contributed by atoms with Gasteiger partial charge < -0.3 is 9.73 Å². The predicted molar refractivity (Wildman–Crippen MR) is 87.9 cm³/mol. The molecular formula is C15H23N3O5S. The number of sulfonamides is 1. The molecule has 1 atom stereocenters. The molecule has 0 radical (unpaired) electrons. The molecule has 8 nitrogen and oxygen atoms in total. The van der Waals surface area contributed by atoms with Gasteiger partial charge in [0.2, 0.25) is 10.0 Å². The van der Waals surface area contributed by atoms with Crippen molar-refractivity contribution in [2.75, 3.05) is 26.4 Å². The van der Waals surface area contributed by atoms with Crippen LogP contribution in [0.3, 0.4) is 0 Å². The molecule has 0 bridgehead atoms. The maximum Gasteiger partial charge on any atom is 0.325 e. The number of carbonyl (C=O) groups excluding carboxylic acids is 2. The summed E-state index contributed by atoms with van der Waals surface area (Å²) in [7, 11) is -0.463. The highest BCUT2D eigenvalue weighted by atomic mass is 32.2. The third kappa shape index (κ3) is 3.18. The molecule has 1 unspecified atom stereocenters. The van der Waals surface area contributed by atoms with Crippen molar-refractivity contribution in [3.63, 3.8) is 0 Å². The lowest BCUT2D eigenvalue weighted by Gasteiger charge is -2.21. The quantitative estimate of drug-likeness (QED) is 0.764. The van der Waals surface area contributed by atoms with Gasteiger partial charge in [-0.15, -0.1) is 0 Å². The maximum absolute atomic E-state index is 12.7. The van der Waals surface area contributed by atoms with Crippen LogP contribution in [-0.2, 0) is 20.4 Å². The molecule has 0 saturated carbocycles. The maximum atomic E-state index is 12.7. The van der Waals surface area contributed by atoms with Crippen LogP contribution in [0.2, 0.25) is 0 Å². The second-order valence-corrected chi connectivity index (χ2v) is 8.59. The van der Waals surface area contributed by atoms with Crippen LogP contribution in [0.15, 0.2) is 10.5 Å². The number of amides is 3. The average molecular weight is 357 g/mol. The first-order chi connectivity index (χ1) is 11.0. The van der Waals surface area contributed by atoms with E-state index in [4.69, 9.17) is 4.42 Å². The Bertz CT molecular complexity index is 768. The number of furan rings is 1. The largest absolute Gasteiger partial charge is 0.466 e. The van der Waals surface area contributed by atoms with Gasteiger partial charge in [0.1, 0.15) is 17.1 Å². The van der Waals surface area contributed by atoms with Gasteiger partial charge in [-0.25, -0.2) is 17.5 Å². The van der Waals surface area contributed by atoms with Crippen molar-refractivity contribution in [3.05, 3.63) is 23.2 Å². The molecular weight excluding hydrogens is 334 g/mol. The topological polar surface area (TPSA) is 99.9 Å². The van der Waals surface area contributed by atoms with Crippen LogP contribution in [0.1, 0.15) is 30.4 Å². The van der Waals surface area contributed by atoms with E-state index in [0.29, 0.717) is 17.1 Å². The summed E-state index contributed by atoms with van der Waals surface area (Å²) in [6.45, 7) is 5.18. The zero-order chi connectivity index (χ0) is 18.3. The number of urea groups is 1. The van der Waals surface area contributed by atoms with Crippen molar-refractivity contribution in [2.24, 2.45) is 0 Å². The molecule has 3 amide bonds. The Morgan fingerprint density at radius 3 is 2.42 bits per heavy atom. The van der Waals surface area contributed by atoms with Crippen LogP contribution < -0.4 is 5.32 Å². The van der Waals surface area contributed by atoms with E-state index in [9.17, 15) is 18.0 Å². The zero-order valence-electron chi connectivity index (χ0n) is 14.5. The van der Waals surface area contributed by atoms with Crippen molar-refractivity contribution in [1.29, 1.82) is 0 Å². The van der Waals surface area contributed by atoms with Gasteiger partial charge in [0.15, 0.2) is 0 Å². The molecule has 1 aliphatic rings. The second kappa shape index (κ2) is 6.21. The molecule has 1 aromatic heterocycles. The molecule has 0 aliphatic carbocycles. The van der Waals surface area contributed by atoms with Gasteiger partial charge in [0, 0.05) is 26.2 Å². The smallest absolute Gasteiger partial charge is 0.325 e. The summed E-state index contributed by atoms with van der Waals surface area (Å²) in [6.07, 6.45) is 0.180. The lowest BCUT2D eigenvalue weighted by Crippen LogP contribution is -2.41. The van der Waals surface area contributed by atoms with Crippen LogP contribution in [0.4, 0.5) is 4.79 Å². The molecule has 1 saturated heterocycles. The van der Waals surface area contributed by atoms with Gasteiger partial charge in [-0.1, -0.05) is 0 Å². The molecule has 2 rings (SSSR count). The molecule has 9 heteroatoms. The zero-order valence-corrected chi connectivity index (χ0v) is 15.4. The van der Waals surface area contributed by atoms with Crippen LogP contribution >= 0.6 is 0 Å². The van der Waals surface area contributed by atoms with E-state index < -0.39 is 27.5 Å². The third-order valence-corrected chi connectivity index (χ3v) is 6.11. The van der Waals surface area contributed by atoms with Crippen molar-refractivity contribution in [2.45, 2.75) is 32.7 Å². The summed E-state index contributed by atoms with van der Waals surface area (Å²) in [5.41, 5.74) is -0.582. The monoisotopic (exact) mass is 357 g/mol. The minimum atomic E-state index is -3.36. The van der Waals surface area contributed by atoms with Gasteiger partial charge in [-0.2, -0.15) is 0 Å². The Hall–Kier alpha value is -1.87. The van der Waals surface area contributed by atoms with E-state index in [1.165, 1.54) is 14.1 Å². The Labute approximate surface area is 141 Å². The van der Waals surface area contributed by atoms with Gasteiger partial charge in [-0.05, 0) is 33.3 Å². The summed E-state index contributed by atoms with van der Waals surface area (Å²) in [6, 6.07) is 1.20. The highest BCUT2D eigenvalue weighted by Gasteiger charge is 2.50. The summed E-state index contributed by atoms with van der Waals surface area (Å²) >= 11 is 0. The van der Waals surface area contributed by atoms with E-state index >= 15 is 0 Å². The number of nitrogens with zero attached hydrogens (tertiary/aromatic N) is 2. The van der Waals surface area contributed by atoms with Crippen molar-refractivity contribution >= 4 is 22.0 Å². The number of rotatable bonds is 6. The first-order valence-electron chi connectivity index (χ1n) is 7.61. The summed E-state index contributed by atoms with van der Waals surface area (Å²) in [5.74, 6) is 0.693. The number of hydrogen-bond donors (Lipinski definition) is 1. The van der Waals surface area contributed by atoms with Gasteiger partial charge in [-0.3, -0.25) is 9.69 Å². The SMILES string of the molecule is Cc1cc(C2(C)NC(=O)N(CCCS(=O)(=O)N(C)C)C2=O)c(C)o1. The fourth-order valence-corrected chi connectivity index (χ4v) is 3.66. The molecule has 1 N–H and O–H groups in total. The van der Waals surface area contributed by atoms with Gasteiger partial charge in [0.05, 0.1) is 5.75 Å². The van der Waals surface area contributed by atoms with Gasteiger partial charge >= 0.3 is 6.03 Å². The highest BCUT2D eigenvalue weighted by molar-refractivity contribution is 7.89. The van der Waals surface area contributed by atoms with Crippen molar-refractivity contribution < 1.29 is 22.4 Å². The van der Waals surface area contributed by atoms with E-state index in [0.717, 1.165) is 9.21 Å². The molecule has 2 heterocycles. The Balaban J connectivity index is 2.13. The average Bonchev–Trinajstić information content (AvgIpc) is 2.90. The number of imide groups is 1. The number of hydrogen-bond acceptors (Lipinski definition) is 5. The number of carbonyl (C=O) groups is 2.